The topological polar surface area (TPSA) is 83.6 Å². The summed E-state index contributed by atoms with van der Waals surface area (Å²) < 4.78 is 13.1. The Hall–Kier alpha value is -3.09. The van der Waals surface area contributed by atoms with Crippen molar-refractivity contribution in [1.82, 2.24) is 25.9 Å². The highest BCUT2D eigenvalue weighted by Crippen LogP contribution is 2.15. The van der Waals surface area contributed by atoms with E-state index < -0.39 is 0 Å². The predicted octanol–water partition coefficient (Wildman–Crippen LogP) is 1.94. The van der Waals surface area contributed by atoms with Crippen LogP contribution in [0.3, 0.4) is 0 Å². The zero-order chi connectivity index (χ0) is 15.4. The smallest absolute Gasteiger partial charge is 0.251 e. The number of tetrazole rings is 1. The fourth-order valence-corrected chi connectivity index (χ4v) is 2.01. The lowest BCUT2D eigenvalue weighted by Crippen LogP contribution is -2.22. The first kappa shape index (κ1) is 13.9. The number of aromatic nitrogens is 4. The second-order valence-electron chi connectivity index (χ2n) is 4.63. The molecule has 0 aliphatic carbocycles. The fourth-order valence-electron chi connectivity index (χ4n) is 2.01. The molecule has 2 aromatic carbocycles. The van der Waals surface area contributed by atoms with Crippen LogP contribution >= 0.6 is 0 Å². The summed E-state index contributed by atoms with van der Waals surface area (Å²) >= 11 is 0. The lowest BCUT2D eigenvalue weighted by molar-refractivity contribution is 0.0951. The minimum Gasteiger partial charge on any atom is -0.348 e. The van der Waals surface area contributed by atoms with Gasteiger partial charge in [0.2, 0.25) is 5.82 Å². The van der Waals surface area contributed by atoms with Gasteiger partial charge in [-0.1, -0.05) is 24.3 Å². The molecule has 3 aromatic rings. The van der Waals surface area contributed by atoms with Gasteiger partial charge < -0.3 is 5.32 Å². The summed E-state index contributed by atoms with van der Waals surface area (Å²) in [6, 6.07) is 13.0. The molecule has 0 saturated carbocycles. The van der Waals surface area contributed by atoms with Gasteiger partial charge in [0, 0.05) is 17.7 Å². The molecule has 1 heterocycles. The Bertz CT molecular complexity index is 788. The van der Waals surface area contributed by atoms with Gasteiger partial charge in [-0.2, -0.15) is 5.21 Å². The Morgan fingerprint density at radius 3 is 2.82 bits per heavy atom. The van der Waals surface area contributed by atoms with Gasteiger partial charge >= 0.3 is 0 Å². The van der Waals surface area contributed by atoms with Gasteiger partial charge in [0.15, 0.2) is 0 Å². The van der Waals surface area contributed by atoms with Crippen molar-refractivity contribution in [1.29, 1.82) is 0 Å². The second kappa shape index (κ2) is 6.13. The van der Waals surface area contributed by atoms with Crippen molar-refractivity contribution in [3.8, 4) is 11.4 Å². The lowest BCUT2D eigenvalue weighted by atomic mass is 10.1. The maximum absolute atomic E-state index is 13.1. The molecule has 0 bridgehead atoms. The van der Waals surface area contributed by atoms with Crippen LogP contribution in [0.5, 0.6) is 0 Å². The Labute approximate surface area is 125 Å². The highest BCUT2D eigenvalue weighted by molar-refractivity contribution is 5.95. The number of carbonyl (C=O) groups excluding carboxylic acids is 1. The Morgan fingerprint density at radius 1 is 1.18 bits per heavy atom. The third-order valence-corrected chi connectivity index (χ3v) is 3.07. The number of benzene rings is 2. The van der Waals surface area contributed by atoms with Crippen molar-refractivity contribution in [2.24, 2.45) is 0 Å². The predicted molar refractivity (Wildman–Crippen MR) is 77.2 cm³/mol. The molecule has 22 heavy (non-hydrogen) atoms. The summed E-state index contributed by atoms with van der Waals surface area (Å²) in [7, 11) is 0. The number of rotatable bonds is 4. The lowest BCUT2D eigenvalue weighted by Gasteiger charge is -2.06. The van der Waals surface area contributed by atoms with E-state index in [1.807, 2.05) is 0 Å². The van der Waals surface area contributed by atoms with Crippen LogP contribution in [0, 0.1) is 5.82 Å². The zero-order valence-electron chi connectivity index (χ0n) is 11.5. The molecule has 1 amide bonds. The summed E-state index contributed by atoms with van der Waals surface area (Å²) in [6.07, 6.45) is 0. The first-order valence-corrected chi connectivity index (χ1v) is 6.59. The summed E-state index contributed by atoms with van der Waals surface area (Å²) in [6.45, 7) is 0.253. The van der Waals surface area contributed by atoms with Crippen LogP contribution in [0.15, 0.2) is 48.5 Å². The van der Waals surface area contributed by atoms with E-state index in [2.05, 4.69) is 25.9 Å². The van der Waals surface area contributed by atoms with E-state index in [1.165, 1.54) is 12.1 Å². The minimum atomic E-state index is -0.328. The molecule has 1 aromatic heterocycles. The molecule has 0 spiro atoms. The third-order valence-electron chi connectivity index (χ3n) is 3.07. The van der Waals surface area contributed by atoms with Gasteiger partial charge in [-0.05, 0) is 35.0 Å². The summed E-state index contributed by atoms with van der Waals surface area (Å²) in [4.78, 5) is 12.2. The number of amides is 1. The van der Waals surface area contributed by atoms with E-state index in [4.69, 9.17) is 0 Å². The molecular formula is C15H12FN5O. The van der Waals surface area contributed by atoms with Crippen LogP contribution in [0.1, 0.15) is 15.9 Å². The molecule has 0 fully saturated rings. The number of nitrogens with one attached hydrogen (secondary N) is 2. The van der Waals surface area contributed by atoms with Crippen molar-refractivity contribution in [3.05, 3.63) is 65.5 Å². The number of carbonyl (C=O) groups is 1. The highest BCUT2D eigenvalue weighted by Gasteiger charge is 2.09. The second-order valence-corrected chi connectivity index (χ2v) is 4.63. The van der Waals surface area contributed by atoms with E-state index in [0.29, 0.717) is 22.5 Å². The molecule has 6 nitrogen and oxygen atoms in total. The molecule has 0 aliphatic rings. The van der Waals surface area contributed by atoms with Crippen molar-refractivity contribution in [2.75, 3.05) is 0 Å². The molecule has 7 heteroatoms. The molecular weight excluding hydrogens is 285 g/mol. The average molecular weight is 297 g/mol. The number of H-pyrrole nitrogens is 1. The fraction of sp³-hybridized carbons (Fsp3) is 0.0667. The summed E-state index contributed by atoms with van der Waals surface area (Å²) in [5, 5.41) is 16.3. The number of nitrogens with zero attached hydrogens (tertiary/aromatic N) is 3. The highest BCUT2D eigenvalue weighted by atomic mass is 19.1. The molecule has 0 atom stereocenters. The zero-order valence-corrected chi connectivity index (χ0v) is 11.5. The average Bonchev–Trinajstić information content (AvgIpc) is 3.07. The van der Waals surface area contributed by atoms with E-state index in [9.17, 15) is 9.18 Å². The molecule has 2 N–H and O–H groups in total. The van der Waals surface area contributed by atoms with Crippen molar-refractivity contribution in [3.63, 3.8) is 0 Å². The van der Waals surface area contributed by atoms with Gasteiger partial charge in [0.1, 0.15) is 5.82 Å². The van der Waals surface area contributed by atoms with Gasteiger partial charge in [-0.3, -0.25) is 4.79 Å². The van der Waals surface area contributed by atoms with Gasteiger partial charge in [-0.15, -0.1) is 10.2 Å². The van der Waals surface area contributed by atoms with Gasteiger partial charge in [0.25, 0.3) is 5.91 Å². The molecule has 0 saturated heterocycles. The van der Waals surface area contributed by atoms with Crippen LogP contribution in [0.4, 0.5) is 4.39 Å². The summed E-state index contributed by atoms with van der Waals surface area (Å²) in [5.41, 5.74) is 1.86. The first-order valence-electron chi connectivity index (χ1n) is 6.59. The Kier molecular flexibility index (Phi) is 3.86. The summed E-state index contributed by atoms with van der Waals surface area (Å²) in [5.74, 6) is -0.166. The third kappa shape index (κ3) is 3.14. The largest absolute Gasteiger partial charge is 0.348 e. The maximum Gasteiger partial charge on any atom is 0.251 e. The normalized spacial score (nSPS) is 10.4. The van der Waals surface area contributed by atoms with E-state index in [1.54, 1.807) is 36.4 Å². The van der Waals surface area contributed by atoms with Crippen LogP contribution < -0.4 is 5.32 Å². The maximum atomic E-state index is 13.1. The van der Waals surface area contributed by atoms with Crippen LogP contribution in [-0.2, 0) is 6.54 Å². The van der Waals surface area contributed by atoms with Gasteiger partial charge in [0.05, 0.1) is 0 Å². The monoisotopic (exact) mass is 297 g/mol. The first-order chi connectivity index (χ1) is 10.7. The van der Waals surface area contributed by atoms with E-state index in [-0.39, 0.29) is 18.3 Å². The van der Waals surface area contributed by atoms with Crippen LogP contribution in [-0.4, -0.2) is 26.5 Å². The molecule has 0 unspecified atom stereocenters. The Balaban J connectivity index is 1.71. The number of aromatic amines is 1. The van der Waals surface area contributed by atoms with Gasteiger partial charge in [-0.25, -0.2) is 4.39 Å². The quantitative estimate of drug-likeness (QED) is 0.771. The van der Waals surface area contributed by atoms with Crippen molar-refractivity contribution < 1.29 is 9.18 Å². The molecule has 3 rings (SSSR count). The Morgan fingerprint density at radius 2 is 2.05 bits per heavy atom. The minimum absolute atomic E-state index is 0.253. The standard InChI is InChI=1S/C15H12FN5O/c16-13-6-1-3-10(7-13)9-17-15(22)12-5-2-4-11(8-12)14-18-20-21-19-14/h1-8H,9H2,(H,17,22)(H,18,19,20,21). The molecule has 110 valence electrons. The number of hydrogen-bond donors (Lipinski definition) is 2. The number of halogens is 1. The van der Waals surface area contributed by atoms with Crippen molar-refractivity contribution >= 4 is 5.91 Å². The van der Waals surface area contributed by atoms with Crippen LogP contribution in [0.2, 0.25) is 0 Å². The van der Waals surface area contributed by atoms with Crippen molar-refractivity contribution in [2.45, 2.75) is 6.54 Å². The molecule has 0 aliphatic heterocycles. The van der Waals surface area contributed by atoms with E-state index >= 15 is 0 Å². The molecule has 0 radical (unpaired) electrons. The van der Waals surface area contributed by atoms with E-state index in [0.717, 1.165) is 0 Å². The SMILES string of the molecule is O=C(NCc1cccc(F)c1)c1cccc(-c2nn[nH]n2)c1. The number of hydrogen-bond acceptors (Lipinski definition) is 4. The van der Waals surface area contributed by atoms with Crippen LogP contribution in [0.25, 0.3) is 11.4 Å².